The second-order valence-corrected chi connectivity index (χ2v) is 8.32. The number of fused-ring (bicyclic) bond motifs is 1. The van der Waals surface area contributed by atoms with E-state index < -0.39 is 9.84 Å². The molecule has 2 aromatic carbocycles. The van der Waals surface area contributed by atoms with E-state index in [2.05, 4.69) is 31.2 Å². The molecule has 0 atom stereocenters. The van der Waals surface area contributed by atoms with Crippen LogP contribution in [-0.2, 0) is 9.84 Å². The van der Waals surface area contributed by atoms with Crippen LogP contribution in [0.5, 0.6) is 0 Å². The number of benzene rings is 2. The predicted octanol–water partition coefficient (Wildman–Crippen LogP) is 3.67. The van der Waals surface area contributed by atoms with Gasteiger partial charge in [0.15, 0.2) is 9.84 Å². The van der Waals surface area contributed by atoms with Gasteiger partial charge in [0.2, 0.25) is 0 Å². The number of nitrogens with one attached hydrogen (secondary N) is 1. The minimum atomic E-state index is -3.24. The second kappa shape index (κ2) is 7.27. The van der Waals surface area contributed by atoms with Crippen LogP contribution in [0.4, 0.5) is 5.82 Å². The molecule has 124 valence electrons. The average Bonchev–Trinajstić information content (AvgIpc) is 2.59. The Labute approximate surface area is 149 Å². The molecule has 3 aromatic rings. The predicted molar refractivity (Wildman–Crippen MR) is 98.8 cm³/mol. The zero-order chi connectivity index (χ0) is 17.0. The monoisotopic (exact) mass is 405 g/mol. The summed E-state index contributed by atoms with van der Waals surface area (Å²) in [6, 6.07) is 14.3. The Bertz CT molecular complexity index is 946. The normalized spacial score (nSPS) is 11.5. The lowest BCUT2D eigenvalue weighted by Gasteiger charge is -2.09. The molecule has 0 spiro atoms. The van der Waals surface area contributed by atoms with Crippen LogP contribution in [-0.4, -0.2) is 30.7 Å². The van der Waals surface area contributed by atoms with E-state index in [0.29, 0.717) is 23.7 Å². The van der Waals surface area contributed by atoms with E-state index in [0.717, 1.165) is 15.4 Å². The van der Waals surface area contributed by atoms with Gasteiger partial charge in [-0.1, -0.05) is 34.1 Å². The third-order valence-corrected chi connectivity index (χ3v) is 5.89. The summed E-state index contributed by atoms with van der Waals surface area (Å²) in [5.74, 6) is 0.801. The van der Waals surface area contributed by atoms with Gasteiger partial charge in [0.05, 0.1) is 16.2 Å². The Hall–Kier alpha value is -1.99. The molecule has 1 N–H and O–H groups in total. The lowest BCUT2D eigenvalue weighted by molar-refractivity contribution is 0.594. The molecule has 1 aromatic heterocycles. The Morgan fingerprint density at radius 3 is 2.62 bits per heavy atom. The maximum Gasteiger partial charge on any atom is 0.178 e. The van der Waals surface area contributed by atoms with Crippen molar-refractivity contribution in [2.45, 2.75) is 11.3 Å². The molecule has 7 heteroatoms. The van der Waals surface area contributed by atoms with Crippen LogP contribution in [0, 0.1) is 0 Å². The molecular weight excluding hydrogens is 390 g/mol. The molecule has 24 heavy (non-hydrogen) atoms. The van der Waals surface area contributed by atoms with Crippen LogP contribution in [0.3, 0.4) is 0 Å². The van der Waals surface area contributed by atoms with Crippen molar-refractivity contribution in [3.63, 3.8) is 0 Å². The quantitative estimate of drug-likeness (QED) is 0.633. The highest BCUT2D eigenvalue weighted by Gasteiger charge is 2.13. The van der Waals surface area contributed by atoms with Gasteiger partial charge in [-0.15, -0.1) is 0 Å². The molecule has 1 heterocycles. The molecule has 0 aliphatic rings. The van der Waals surface area contributed by atoms with E-state index in [1.807, 2.05) is 18.2 Å². The zero-order valence-corrected chi connectivity index (χ0v) is 15.2. The van der Waals surface area contributed by atoms with Gasteiger partial charge in [-0.25, -0.2) is 18.4 Å². The fourth-order valence-electron chi connectivity index (χ4n) is 2.38. The largest absolute Gasteiger partial charge is 0.369 e. The smallest absolute Gasteiger partial charge is 0.178 e. The second-order valence-electron chi connectivity index (χ2n) is 5.30. The minimum absolute atomic E-state index is 0.0940. The minimum Gasteiger partial charge on any atom is -0.369 e. The van der Waals surface area contributed by atoms with E-state index in [-0.39, 0.29) is 5.75 Å². The number of aromatic nitrogens is 2. The summed E-state index contributed by atoms with van der Waals surface area (Å²) in [6.45, 7) is 0.519. The summed E-state index contributed by atoms with van der Waals surface area (Å²) in [6.07, 6.45) is 2.00. The van der Waals surface area contributed by atoms with Crippen molar-refractivity contribution in [1.82, 2.24) is 9.97 Å². The molecule has 0 aliphatic carbocycles. The van der Waals surface area contributed by atoms with Gasteiger partial charge in [0, 0.05) is 16.4 Å². The average molecular weight is 406 g/mol. The number of hydrogen-bond acceptors (Lipinski definition) is 5. The molecule has 0 unspecified atom stereocenters. The summed E-state index contributed by atoms with van der Waals surface area (Å²) in [5, 5.41) is 4.10. The lowest BCUT2D eigenvalue weighted by Crippen LogP contribution is -2.12. The topological polar surface area (TPSA) is 72.0 Å². The molecule has 0 radical (unpaired) electrons. The molecule has 3 rings (SSSR count). The molecule has 0 bridgehead atoms. The van der Waals surface area contributed by atoms with Crippen LogP contribution < -0.4 is 5.32 Å². The summed E-state index contributed by atoms with van der Waals surface area (Å²) in [5.41, 5.74) is 0.840. The summed E-state index contributed by atoms with van der Waals surface area (Å²) >= 11 is 3.44. The third-order valence-electron chi connectivity index (χ3n) is 3.58. The summed E-state index contributed by atoms with van der Waals surface area (Å²) in [7, 11) is -3.24. The maximum absolute atomic E-state index is 12.2. The molecule has 0 fully saturated rings. The first-order valence-electron chi connectivity index (χ1n) is 7.48. The van der Waals surface area contributed by atoms with Gasteiger partial charge >= 0.3 is 0 Å². The van der Waals surface area contributed by atoms with Crippen molar-refractivity contribution < 1.29 is 8.42 Å². The number of halogens is 1. The Kier molecular flexibility index (Phi) is 5.11. The zero-order valence-electron chi connectivity index (χ0n) is 12.8. The van der Waals surface area contributed by atoms with Crippen molar-refractivity contribution >= 4 is 42.5 Å². The summed E-state index contributed by atoms with van der Waals surface area (Å²) < 4.78 is 25.4. The number of sulfone groups is 1. The summed E-state index contributed by atoms with van der Waals surface area (Å²) in [4.78, 5) is 8.83. The first kappa shape index (κ1) is 16.9. The Balaban J connectivity index is 1.64. The molecular formula is C17H16BrN3O2S. The van der Waals surface area contributed by atoms with Crippen molar-refractivity contribution in [2.75, 3.05) is 17.6 Å². The van der Waals surface area contributed by atoms with Crippen LogP contribution >= 0.6 is 15.9 Å². The molecule has 0 aliphatic heterocycles. The molecule has 0 amide bonds. The maximum atomic E-state index is 12.2. The van der Waals surface area contributed by atoms with Crippen LogP contribution in [0.15, 0.2) is 64.2 Å². The van der Waals surface area contributed by atoms with Gasteiger partial charge in [0.1, 0.15) is 12.1 Å². The molecule has 5 nitrogen and oxygen atoms in total. The van der Waals surface area contributed by atoms with Crippen molar-refractivity contribution in [3.8, 4) is 0 Å². The van der Waals surface area contributed by atoms with Crippen molar-refractivity contribution in [2.24, 2.45) is 0 Å². The number of rotatable bonds is 6. The van der Waals surface area contributed by atoms with E-state index in [9.17, 15) is 8.42 Å². The lowest BCUT2D eigenvalue weighted by atomic mass is 10.2. The fourth-order valence-corrected chi connectivity index (χ4v) is 4.08. The molecule has 0 saturated carbocycles. The number of hydrogen-bond donors (Lipinski definition) is 1. The standard InChI is InChI=1S/C17H16BrN3O2S/c18-13-7-8-16-15(11-13)17(21-12-20-16)19-9-4-10-24(22,23)14-5-2-1-3-6-14/h1-3,5-8,11-12H,4,9-10H2,(H,19,20,21). The highest BCUT2D eigenvalue weighted by molar-refractivity contribution is 9.10. The highest BCUT2D eigenvalue weighted by Crippen LogP contribution is 2.23. The van der Waals surface area contributed by atoms with Crippen LogP contribution in [0.1, 0.15) is 6.42 Å². The van der Waals surface area contributed by atoms with Crippen molar-refractivity contribution in [1.29, 1.82) is 0 Å². The third kappa shape index (κ3) is 3.91. The van der Waals surface area contributed by atoms with E-state index >= 15 is 0 Å². The van der Waals surface area contributed by atoms with E-state index in [1.165, 1.54) is 6.33 Å². The van der Waals surface area contributed by atoms with Gasteiger partial charge in [0.25, 0.3) is 0 Å². The van der Waals surface area contributed by atoms with Gasteiger partial charge in [-0.2, -0.15) is 0 Å². The number of anilines is 1. The Morgan fingerprint density at radius 1 is 1.04 bits per heavy atom. The highest BCUT2D eigenvalue weighted by atomic mass is 79.9. The van der Waals surface area contributed by atoms with Gasteiger partial charge < -0.3 is 5.32 Å². The van der Waals surface area contributed by atoms with Crippen LogP contribution in [0.2, 0.25) is 0 Å². The Morgan fingerprint density at radius 2 is 1.83 bits per heavy atom. The first-order chi connectivity index (χ1) is 11.6. The van der Waals surface area contributed by atoms with E-state index in [4.69, 9.17) is 0 Å². The van der Waals surface area contributed by atoms with Gasteiger partial charge in [-0.05, 0) is 36.8 Å². The first-order valence-corrected chi connectivity index (χ1v) is 9.93. The fraction of sp³-hybridized carbons (Fsp3) is 0.176. The SMILES string of the molecule is O=S(=O)(CCCNc1ncnc2ccc(Br)cc12)c1ccccc1. The molecule has 0 saturated heterocycles. The van der Waals surface area contributed by atoms with Crippen LogP contribution in [0.25, 0.3) is 10.9 Å². The van der Waals surface area contributed by atoms with Crippen molar-refractivity contribution in [3.05, 3.63) is 59.3 Å². The number of nitrogens with zero attached hydrogens (tertiary/aromatic N) is 2. The van der Waals surface area contributed by atoms with Gasteiger partial charge in [-0.3, -0.25) is 0 Å². The van der Waals surface area contributed by atoms with E-state index in [1.54, 1.807) is 30.3 Å².